The summed E-state index contributed by atoms with van der Waals surface area (Å²) in [6, 6.07) is 8.58. The van der Waals surface area contributed by atoms with Crippen molar-refractivity contribution in [1.29, 1.82) is 0 Å². The fourth-order valence-electron chi connectivity index (χ4n) is 2.72. The molecule has 1 unspecified atom stereocenters. The minimum atomic E-state index is 0.334. The highest BCUT2D eigenvalue weighted by atomic mass is 16.5. The van der Waals surface area contributed by atoms with Gasteiger partial charge in [0, 0.05) is 11.6 Å². The lowest BCUT2D eigenvalue weighted by molar-refractivity contribution is 0.401. The van der Waals surface area contributed by atoms with Gasteiger partial charge in [0.15, 0.2) is 0 Å². The van der Waals surface area contributed by atoms with Crippen molar-refractivity contribution >= 4 is 0 Å². The monoisotopic (exact) mass is 259 g/mol. The number of para-hydroxylation sites is 1. The van der Waals surface area contributed by atoms with Gasteiger partial charge in [-0.15, -0.1) is 0 Å². The second-order valence-electron chi connectivity index (χ2n) is 5.28. The van der Waals surface area contributed by atoms with Gasteiger partial charge in [0.1, 0.15) is 5.75 Å². The molecule has 1 N–H and O–H groups in total. The van der Waals surface area contributed by atoms with Crippen LogP contribution in [0, 0.1) is 0 Å². The Bertz CT molecular complexity index is 425. The van der Waals surface area contributed by atoms with Gasteiger partial charge in [0.2, 0.25) is 0 Å². The number of benzene rings is 1. The maximum Gasteiger partial charge on any atom is 0.123 e. The molecule has 1 aromatic rings. The van der Waals surface area contributed by atoms with Gasteiger partial charge in [-0.2, -0.15) is 0 Å². The number of hydrogen-bond donors (Lipinski definition) is 1. The molecule has 1 aromatic carbocycles. The number of allylic oxidation sites excluding steroid dienone is 1. The van der Waals surface area contributed by atoms with Gasteiger partial charge in [-0.1, -0.05) is 29.8 Å². The van der Waals surface area contributed by atoms with E-state index in [0.29, 0.717) is 6.04 Å². The third-order valence-electron chi connectivity index (χ3n) is 3.89. The van der Waals surface area contributed by atoms with Crippen molar-refractivity contribution in [3.05, 3.63) is 41.5 Å². The van der Waals surface area contributed by atoms with E-state index in [4.69, 9.17) is 4.74 Å². The van der Waals surface area contributed by atoms with Crippen molar-refractivity contribution < 1.29 is 4.74 Å². The molecule has 0 amide bonds. The fourth-order valence-corrected chi connectivity index (χ4v) is 2.72. The van der Waals surface area contributed by atoms with E-state index < -0.39 is 0 Å². The lowest BCUT2D eigenvalue weighted by atomic mass is 9.97. The van der Waals surface area contributed by atoms with Crippen molar-refractivity contribution in [2.24, 2.45) is 0 Å². The number of nitrogens with one attached hydrogen (secondary N) is 1. The molecule has 0 fully saturated rings. The zero-order valence-corrected chi connectivity index (χ0v) is 12.1. The van der Waals surface area contributed by atoms with Crippen molar-refractivity contribution in [2.45, 2.75) is 45.1 Å². The lowest BCUT2D eigenvalue weighted by Crippen LogP contribution is -2.21. The number of rotatable bonds is 6. The van der Waals surface area contributed by atoms with Gasteiger partial charge < -0.3 is 10.1 Å². The molecule has 0 aromatic heterocycles. The molecule has 2 rings (SSSR count). The fraction of sp³-hybridized carbons (Fsp3) is 0.529. The highest BCUT2D eigenvalue weighted by Gasteiger charge is 2.10. The van der Waals surface area contributed by atoms with Crippen LogP contribution in [0.3, 0.4) is 0 Å². The predicted octanol–water partition coefficient (Wildman–Crippen LogP) is 4.24. The van der Waals surface area contributed by atoms with E-state index >= 15 is 0 Å². The van der Waals surface area contributed by atoms with Crippen molar-refractivity contribution in [3.63, 3.8) is 0 Å². The summed E-state index contributed by atoms with van der Waals surface area (Å²) in [7, 11) is 1.73. The van der Waals surface area contributed by atoms with Gasteiger partial charge in [-0.25, -0.2) is 0 Å². The van der Waals surface area contributed by atoms with Crippen LogP contribution in [0.5, 0.6) is 5.75 Å². The van der Waals surface area contributed by atoms with Gasteiger partial charge in [0.25, 0.3) is 0 Å². The Balaban J connectivity index is 1.83. The molecule has 0 spiro atoms. The normalized spacial score (nSPS) is 16.8. The Kier molecular flexibility index (Phi) is 5.46. The summed E-state index contributed by atoms with van der Waals surface area (Å²) in [5.41, 5.74) is 2.87. The van der Waals surface area contributed by atoms with E-state index in [0.717, 1.165) is 12.3 Å². The SMILES string of the molecule is COc1ccccc1C(C)NCCC1=CCCCC1. The first-order valence-corrected chi connectivity index (χ1v) is 7.35. The first kappa shape index (κ1) is 14.1. The zero-order chi connectivity index (χ0) is 13.5. The van der Waals surface area contributed by atoms with Crippen LogP contribution < -0.4 is 10.1 Å². The van der Waals surface area contributed by atoms with E-state index in [2.05, 4.69) is 30.4 Å². The van der Waals surface area contributed by atoms with Crippen LogP contribution in [0.15, 0.2) is 35.9 Å². The van der Waals surface area contributed by atoms with Crippen molar-refractivity contribution in [1.82, 2.24) is 5.32 Å². The Hall–Kier alpha value is -1.28. The average molecular weight is 259 g/mol. The molecule has 0 radical (unpaired) electrons. The number of hydrogen-bond acceptors (Lipinski definition) is 2. The molecule has 0 saturated carbocycles. The third kappa shape index (κ3) is 4.10. The summed E-state index contributed by atoms with van der Waals surface area (Å²) in [5.74, 6) is 0.972. The third-order valence-corrected chi connectivity index (χ3v) is 3.89. The maximum atomic E-state index is 5.41. The van der Waals surface area contributed by atoms with Crippen LogP contribution in [-0.2, 0) is 0 Å². The Morgan fingerprint density at radius 1 is 1.26 bits per heavy atom. The molecule has 1 atom stereocenters. The Morgan fingerprint density at radius 3 is 2.84 bits per heavy atom. The van der Waals surface area contributed by atoms with Crippen LogP contribution in [-0.4, -0.2) is 13.7 Å². The quantitative estimate of drug-likeness (QED) is 0.772. The molecule has 1 aliphatic carbocycles. The maximum absolute atomic E-state index is 5.41. The standard InChI is InChI=1S/C17H25NO/c1-14(16-10-6-7-11-17(16)19-2)18-13-12-15-8-4-3-5-9-15/h6-8,10-11,14,18H,3-5,9,12-13H2,1-2H3. The summed E-state index contributed by atoms with van der Waals surface area (Å²) in [6.45, 7) is 3.25. The van der Waals surface area contributed by atoms with Crippen LogP contribution in [0.25, 0.3) is 0 Å². The minimum Gasteiger partial charge on any atom is -0.496 e. The van der Waals surface area contributed by atoms with Crippen LogP contribution in [0.4, 0.5) is 0 Å². The molecule has 0 heterocycles. The number of methoxy groups -OCH3 is 1. The first-order chi connectivity index (χ1) is 9.31. The molecule has 2 heteroatoms. The summed E-state index contributed by atoms with van der Waals surface area (Å²) in [6.07, 6.45) is 8.92. The van der Waals surface area contributed by atoms with Crippen LogP contribution in [0.2, 0.25) is 0 Å². The molecule has 2 nitrogen and oxygen atoms in total. The molecular weight excluding hydrogens is 234 g/mol. The second kappa shape index (κ2) is 7.34. The van der Waals surface area contributed by atoms with Crippen LogP contribution >= 0.6 is 0 Å². The average Bonchev–Trinajstić information content (AvgIpc) is 2.48. The van der Waals surface area contributed by atoms with E-state index in [1.54, 1.807) is 12.7 Å². The molecule has 0 bridgehead atoms. The van der Waals surface area contributed by atoms with Crippen molar-refractivity contribution in [2.75, 3.05) is 13.7 Å². The van der Waals surface area contributed by atoms with Gasteiger partial charge in [-0.05, 0) is 51.6 Å². The minimum absolute atomic E-state index is 0.334. The highest BCUT2D eigenvalue weighted by Crippen LogP contribution is 2.25. The van der Waals surface area contributed by atoms with Crippen molar-refractivity contribution in [3.8, 4) is 5.75 Å². The van der Waals surface area contributed by atoms with E-state index in [1.807, 2.05) is 12.1 Å². The smallest absolute Gasteiger partial charge is 0.123 e. The van der Waals surface area contributed by atoms with Crippen LogP contribution in [0.1, 0.15) is 50.6 Å². The zero-order valence-electron chi connectivity index (χ0n) is 12.1. The Morgan fingerprint density at radius 2 is 2.11 bits per heavy atom. The van der Waals surface area contributed by atoms with E-state index in [9.17, 15) is 0 Å². The summed E-state index contributed by atoms with van der Waals surface area (Å²) in [4.78, 5) is 0. The second-order valence-corrected chi connectivity index (χ2v) is 5.28. The molecule has 1 aliphatic rings. The molecule has 0 aliphatic heterocycles. The topological polar surface area (TPSA) is 21.3 Å². The summed E-state index contributed by atoms with van der Waals surface area (Å²) in [5, 5.41) is 3.60. The molecule has 19 heavy (non-hydrogen) atoms. The largest absolute Gasteiger partial charge is 0.496 e. The number of ether oxygens (including phenoxy) is 1. The highest BCUT2D eigenvalue weighted by molar-refractivity contribution is 5.35. The van der Waals surface area contributed by atoms with E-state index in [-0.39, 0.29) is 0 Å². The van der Waals surface area contributed by atoms with Gasteiger partial charge in [-0.3, -0.25) is 0 Å². The van der Waals surface area contributed by atoms with Gasteiger partial charge in [0.05, 0.1) is 7.11 Å². The summed E-state index contributed by atoms with van der Waals surface area (Å²) >= 11 is 0. The molecule has 104 valence electrons. The predicted molar refractivity (Wildman–Crippen MR) is 80.6 cm³/mol. The van der Waals surface area contributed by atoms with E-state index in [1.165, 1.54) is 37.7 Å². The molecule has 0 saturated heterocycles. The molecular formula is C17H25NO. The Labute approximate surface area is 116 Å². The summed E-state index contributed by atoms with van der Waals surface area (Å²) < 4.78 is 5.41. The first-order valence-electron chi connectivity index (χ1n) is 7.35. The lowest BCUT2D eigenvalue weighted by Gasteiger charge is -2.18. The van der Waals surface area contributed by atoms with Gasteiger partial charge >= 0.3 is 0 Å².